The summed E-state index contributed by atoms with van der Waals surface area (Å²) >= 11 is 12.0. The standard InChI is InChI=1S/C24H28Cl2N2O4/c1-2-31-11-12-32-16-17-5-3-7-20(13-17)27-23(29)19-6-4-10-28(15-19)24(30)18-8-9-21(25)22(26)14-18/h3,5,7-9,13-14,19H,2,4,6,10-12,15-16H2,1H3,(H,27,29). The molecule has 172 valence electrons. The van der Waals surface area contributed by atoms with Crippen LogP contribution in [0.3, 0.4) is 0 Å². The molecule has 1 unspecified atom stereocenters. The molecule has 1 aliphatic rings. The van der Waals surface area contributed by atoms with Gasteiger partial charge in [-0.1, -0.05) is 35.3 Å². The summed E-state index contributed by atoms with van der Waals surface area (Å²) in [6.45, 7) is 5.12. The van der Waals surface area contributed by atoms with Crippen LogP contribution in [0.25, 0.3) is 0 Å². The smallest absolute Gasteiger partial charge is 0.253 e. The third kappa shape index (κ3) is 6.94. The van der Waals surface area contributed by atoms with Crippen LogP contribution in [0, 0.1) is 5.92 Å². The van der Waals surface area contributed by atoms with Crippen molar-refractivity contribution in [2.45, 2.75) is 26.4 Å². The van der Waals surface area contributed by atoms with Gasteiger partial charge in [0.2, 0.25) is 5.91 Å². The maximum atomic E-state index is 12.9. The number of hydrogen-bond acceptors (Lipinski definition) is 4. The minimum Gasteiger partial charge on any atom is -0.379 e. The first-order valence-corrected chi connectivity index (χ1v) is 11.5. The van der Waals surface area contributed by atoms with Crippen LogP contribution in [0.5, 0.6) is 0 Å². The quantitative estimate of drug-likeness (QED) is 0.512. The molecule has 2 aromatic carbocycles. The molecular formula is C24H28Cl2N2O4. The fourth-order valence-electron chi connectivity index (χ4n) is 3.62. The summed E-state index contributed by atoms with van der Waals surface area (Å²) in [5.74, 6) is -0.514. The average molecular weight is 479 g/mol. The summed E-state index contributed by atoms with van der Waals surface area (Å²) in [4.78, 5) is 27.5. The highest BCUT2D eigenvalue weighted by Gasteiger charge is 2.29. The molecule has 1 aliphatic heterocycles. The molecule has 0 radical (unpaired) electrons. The number of halogens is 2. The SMILES string of the molecule is CCOCCOCc1cccc(NC(=O)C2CCCN(C(=O)c3ccc(Cl)c(Cl)c3)C2)c1. The molecule has 2 amide bonds. The van der Waals surface area contributed by atoms with Gasteiger partial charge in [-0.15, -0.1) is 0 Å². The van der Waals surface area contributed by atoms with Gasteiger partial charge in [0.15, 0.2) is 0 Å². The van der Waals surface area contributed by atoms with E-state index in [0.717, 1.165) is 18.4 Å². The molecule has 1 atom stereocenters. The number of hydrogen-bond donors (Lipinski definition) is 1. The Balaban J connectivity index is 1.55. The second-order valence-corrected chi connectivity index (χ2v) is 8.47. The second-order valence-electron chi connectivity index (χ2n) is 7.66. The van der Waals surface area contributed by atoms with Gasteiger partial charge in [0.1, 0.15) is 0 Å². The Morgan fingerprint density at radius 2 is 1.91 bits per heavy atom. The number of likely N-dealkylation sites (tertiary alicyclic amines) is 1. The molecule has 6 nitrogen and oxygen atoms in total. The van der Waals surface area contributed by atoms with E-state index in [4.69, 9.17) is 32.7 Å². The lowest BCUT2D eigenvalue weighted by molar-refractivity contribution is -0.121. The lowest BCUT2D eigenvalue weighted by Gasteiger charge is -2.32. The van der Waals surface area contributed by atoms with Crippen molar-refractivity contribution in [1.82, 2.24) is 4.90 Å². The first-order valence-electron chi connectivity index (χ1n) is 10.8. The van der Waals surface area contributed by atoms with Crippen molar-refractivity contribution in [3.05, 3.63) is 63.6 Å². The Bertz CT molecular complexity index is 938. The van der Waals surface area contributed by atoms with Crippen molar-refractivity contribution in [2.24, 2.45) is 5.92 Å². The number of anilines is 1. The minimum atomic E-state index is -0.276. The monoisotopic (exact) mass is 478 g/mol. The van der Waals surface area contributed by atoms with Crippen LogP contribution in [0.2, 0.25) is 10.0 Å². The Kier molecular flexibility index (Phi) is 9.36. The van der Waals surface area contributed by atoms with Crippen molar-refractivity contribution in [2.75, 3.05) is 38.2 Å². The molecule has 1 saturated heterocycles. The number of carbonyl (C=O) groups excluding carboxylic acids is 2. The van der Waals surface area contributed by atoms with Crippen LogP contribution >= 0.6 is 23.2 Å². The molecule has 8 heteroatoms. The highest BCUT2D eigenvalue weighted by Crippen LogP contribution is 2.25. The number of nitrogens with one attached hydrogen (secondary N) is 1. The van der Waals surface area contributed by atoms with E-state index < -0.39 is 0 Å². The number of ether oxygens (including phenoxy) is 2. The average Bonchev–Trinajstić information content (AvgIpc) is 2.80. The predicted molar refractivity (Wildman–Crippen MR) is 126 cm³/mol. The zero-order valence-corrected chi connectivity index (χ0v) is 19.6. The molecule has 0 aliphatic carbocycles. The third-order valence-corrected chi connectivity index (χ3v) is 6.02. The van der Waals surface area contributed by atoms with Crippen LogP contribution in [0.15, 0.2) is 42.5 Å². The Hall–Kier alpha value is -2.12. The van der Waals surface area contributed by atoms with E-state index >= 15 is 0 Å². The van der Waals surface area contributed by atoms with Gasteiger partial charge in [0, 0.05) is 30.9 Å². The Morgan fingerprint density at radius 1 is 1.09 bits per heavy atom. The largest absolute Gasteiger partial charge is 0.379 e. The fraction of sp³-hybridized carbons (Fsp3) is 0.417. The molecule has 1 N–H and O–H groups in total. The molecule has 2 aromatic rings. The molecule has 1 heterocycles. The van der Waals surface area contributed by atoms with Gasteiger partial charge in [-0.25, -0.2) is 0 Å². The van der Waals surface area contributed by atoms with Crippen molar-refractivity contribution >= 4 is 40.7 Å². The number of benzene rings is 2. The van der Waals surface area contributed by atoms with Gasteiger partial charge in [-0.05, 0) is 55.7 Å². The Labute approximate surface area is 198 Å². The summed E-state index contributed by atoms with van der Waals surface area (Å²) in [6.07, 6.45) is 1.50. The van der Waals surface area contributed by atoms with E-state index in [9.17, 15) is 9.59 Å². The molecule has 32 heavy (non-hydrogen) atoms. The summed E-state index contributed by atoms with van der Waals surface area (Å²) in [6, 6.07) is 12.4. The second kappa shape index (κ2) is 12.2. The molecule has 0 saturated carbocycles. The Morgan fingerprint density at radius 3 is 2.69 bits per heavy atom. The van der Waals surface area contributed by atoms with Crippen molar-refractivity contribution in [3.63, 3.8) is 0 Å². The first kappa shape index (κ1) is 24.5. The van der Waals surface area contributed by atoms with Crippen LogP contribution in [-0.2, 0) is 20.9 Å². The molecular weight excluding hydrogens is 451 g/mol. The molecule has 0 spiro atoms. The van der Waals surface area contributed by atoms with Gasteiger partial charge >= 0.3 is 0 Å². The summed E-state index contributed by atoms with van der Waals surface area (Å²) in [5.41, 5.74) is 2.16. The third-order valence-electron chi connectivity index (χ3n) is 5.29. The van der Waals surface area contributed by atoms with Gasteiger partial charge in [-0.3, -0.25) is 9.59 Å². The number of carbonyl (C=O) groups is 2. The maximum Gasteiger partial charge on any atom is 0.253 e. The predicted octanol–water partition coefficient (Wildman–Crippen LogP) is 5.04. The van der Waals surface area contributed by atoms with Gasteiger partial charge in [0.05, 0.1) is 35.8 Å². The minimum absolute atomic E-state index is 0.0916. The molecule has 0 bridgehead atoms. The zero-order chi connectivity index (χ0) is 22.9. The van der Waals surface area contributed by atoms with E-state index in [-0.39, 0.29) is 17.7 Å². The van der Waals surface area contributed by atoms with Gasteiger partial charge in [0.25, 0.3) is 5.91 Å². The van der Waals surface area contributed by atoms with E-state index in [0.29, 0.717) is 60.8 Å². The number of amides is 2. The molecule has 1 fully saturated rings. The highest BCUT2D eigenvalue weighted by molar-refractivity contribution is 6.42. The van der Waals surface area contributed by atoms with Gasteiger partial charge in [-0.2, -0.15) is 0 Å². The lowest BCUT2D eigenvalue weighted by Crippen LogP contribution is -2.43. The normalized spacial score (nSPS) is 16.1. The van der Waals surface area contributed by atoms with E-state index in [1.54, 1.807) is 23.1 Å². The number of rotatable bonds is 9. The molecule has 3 rings (SSSR count). The summed E-state index contributed by atoms with van der Waals surface area (Å²) in [5, 5.41) is 3.73. The van der Waals surface area contributed by atoms with Crippen molar-refractivity contribution in [3.8, 4) is 0 Å². The van der Waals surface area contributed by atoms with E-state index in [1.165, 1.54) is 0 Å². The first-order chi connectivity index (χ1) is 15.5. The zero-order valence-electron chi connectivity index (χ0n) is 18.1. The summed E-state index contributed by atoms with van der Waals surface area (Å²) < 4.78 is 10.9. The van der Waals surface area contributed by atoms with Gasteiger partial charge < -0.3 is 19.7 Å². The number of nitrogens with zero attached hydrogens (tertiary/aromatic N) is 1. The van der Waals surface area contributed by atoms with Crippen LogP contribution in [0.4, 0.5) is 5.69 Å². The van der Waals surface area contributed by atoms with Crippen molar-refractivity contribution in [1.29, 1.82) is 0 Å². The highest BCUT2D eigenvalue weighted by atomic mass is 35.5. The lowest BCUT2D eigenvalue weighted by atomic mass is 9.96. The molecule has 0 aromatic heterocycles. The van der Waals surface area contributed by atoms with Crippen molar-refractivity contribution < 1.29 is 19.1 Å². The van der Waals surface area contributed by atoms with E-state index in [1.807, 2.05) is 31.2 Å². The fourth-order valence-corrected chi connectivity index (χ4v) is 3.92. The van der Waals surface area contributed by atoms with Crippen LogP contribution in [0.1, 0.15) is 35.7 Å². The summed E-state index contributed by atoms with van der Waals surface area (Å²) in [7, 11) is 0. The van der Waals surface area contributed by atoms with Crippen LogP contribution in [-0.4, -0.2) is 49.6 Å². The number of piperidine rings is 1. The van der Waals surface area contributed by atoms with E-state index in [2.05, 4.69) is 5.32 Å². The topological polar surface area (TPSA) is 67.9 Å². The maximum absolute atomic E-state index is 12.9. The van der Waals surface area contributed by atoms with Crippen LogP contribution < -0.4 is 5.32 Å².